The van der Waals surface area contributed by atoms with Gasteiger partial charge in [0.2, 0.25) is 0 Å². The Morgan fingerprint density at radius 3 is 2.76 bits per heavy atom. The van der Waals surface area contributed by atoms with Crippen LogP contribution in [0.3, 0.4) is 0 Å². The van der Waals surface area contributed by atoms with Crippen LogP contribution in [-0.2, 0) is 4.74 Å². The third-order valence-electron chi connectivity index (χ3n) is 3.35. The first-order valence-corrected chi connectivity index (χ1v) is 6.95. The van der Waals surface area contributed by atoms with Crippen molar-refractivity contribution in [1.82, 2.24) is 5.32 Å². The number of rotatable bonds is 6. The van der Waals surface area contributed by atoms with E-state index in [2.05, 4.69) is 42.2 Å². The Bertz CT molecular complexity index is 625. The SMILES string of the molecule is C=CCOC(=O)NC[C@@H](CN)c1ccc2ccccc2c1. The fourth-order valence-electron chi connectivity index (χ4n) is 2.19. The first-order valence-electron chi connectivity index (χ1n) is 6.95. The summed E-state index contributed by atoms with van der Waals surface area (Å²) in [6.45, 7) is 4.61. The average Bonchev–Trinajstić information content (AvgIpc) is 2.53. The van der Waals surface area contributed by atoms with E-state index in [1.807, 2.05) is 12.1 Å². The standard InChI is InChI=1S/C17H20N2O2/c1-2-9-21-17(20)19-12-16(11-18)15-8-7-13-5-3-4-6-14(13)10-15/h2-8,10,16H,1,9,11-12,18H2,(H,19,20)/t16-/m1/s1. The first-order chi connectivity index (χ1) is 10.2. The smallest absolute Gasteiger partial charge is 0.407 e. The Morgan fingerprint density at radius 2 is 2.05 bits per heavy atom. The summed E-state index contributed by atoms with van der Waals surface area (Å²) in [5.74, 6) is 0.0610. The van der Waals surface area contributed by atoms with Gasteiger partial charge in [-0.05, 0) is 16.3 Å². The molecule has 4 nitrogen and oxygen atoms in total. The van der Waals surface area contributed by atoms with Crippen LogP contribution in [-0.4, -0.2) is 25.8 Å². The van der Waals surface area contributed by atoms with Crippen molar-refractivity contribution >= 4 is 16.9 Å². The molecule has 2 aromatic rings. The number of benzene rings is 2. The molecule has 4 heteroatoms. The second-order valence-electron chi connectivity index (χ2n) is 4.81. The predicted molar refractivity (Wildman–Crippen MR) is 85.3 cm³/mol. The number of hydrogen-bond donors (Lipinski definition) is 2. The number of alkyl carbamates (subject to hydrolysis) is 1. The van der Waals surface area contributed by atoms with Gasteiger partial charge in [-0.15, -0.1) is 0 Å². The van der Waals surface area contributed by atoms with Gasteiger partial charge in [-0.2, -0.15) is 0 Å². The van der Waals surface area contributed by atoms with Crippen LogP contribution in [0.2, 0.25) is 0 Å². The molecule has 0 heterocycles. The zero-order chi connectivity index (χ0) is 15.1. The predicted octanol–water partition coefficient (Wildman–Crippen LogP) is 2.79. The Kier molecular flexibility index (Phi) is 5.35. The molecule has 0 radical (unpaired) electrons. The molecular formula is C17H20N2O2. The quantitative estimate of drug-likeness (QED) is 0.802. The zero-order valence-electron chi connectivity index (χ0n) is 11.9. The molecule has 1 amide bonds. The summed E-state index contributed by atoms with van der Waals surface area (Å²) in [6, 6.07) is 14.4. The van der Waals surface area contributed by atoms with Gasteiger partial charge in [-0.3, -0.25) is 0 Å². The van der Waals surface area contributed by atoms with E-state index in [4.69, 9.17) is 10.5 Å². The van der Waals surface area contributed by atoms with Crippen molar-refractivity contribution in [2.75, 3.05) is 19.7 Å². The lowest BCUT2D eigenvalue weighted by atomic mass is 9.96. The van der Waals surface area contributed by atoms with Gasteiger partial charge in [-0.25, -0.2) is 4.79 Å². The minimum absolute atomic E-state index is 0.0610. The number of nitrogens with two attached hydrogens (primary N) is 1. The van der Waals surface area contributed by atoms with Crippen molar-refractivity contribution < 1.29 is 9.53 Å². The highest BCUT2D eigenvalue weighted by atomic mass is 16.5. The van der Waals surface area contributed by atoms with Crippen molar-refractivity contribution in [2.45, 2.75) is 5.92 Å². The van der Waals surface area contributed by atoms with E-state index in [-0.39, 0.29) is 12.5 Å². The monoisotopic (exact) mass is 284 g/mol. The molecule has 110 valence electrons. The van der Waals surface area contributed by atoms with Gasteiger partial charge in [0.15, 0.2) is 0 Å². The van der Waals surface area contributed by atoms with E-state index in [1.54, 1.807) is 0 Å². The van der Waals surface area contributed by atoms with Crippen LogP contribution in [0.25, 0.3) is 10.8 Å². The van der Waals surface area contributed by atoms with E-state index in [0.29, 0.717) is 13.1 Å². The van der Waals surface area contributed by atoms with Crippen molar-refractivity contribution in [3.63, 3.8) is 0 Å². The maximum atomic E-state index is 11.4. The molecule has 1 atom stereocenters. The van der Waals surface area contributed by atoms with Crippen LogP contribution in [0.4, 0.5) is 4.79 Å². The molecule has 0 aliphatic carbocycles. The Morgan fingerprint density at radius 1 is 1.29 bits per heavy atom. The molecule has 0 saturated heterocycles. The fourth-order valence-corrected chi connectivity index (χ4v) is 2.19. The summed E-state index contributed by atoms with van der Waals surface area (Å²) in [5.41, 5.74) is 6.94. The number of hydrogen-bond acceptors (Lipinski definition) is 3. The van der Waals surface area contributed by atoms with E-state index in [0.717, 1.165) is 5.56 Å². The van der Waals surface area contributed by atoms with Gasteiger partial charge in [0.05, 0.1) is 0 Å². The lowest BCUT2D eigenvalue weighted by Gasteiger charge is -2.16. The van der Waals surface area contributed by atoms with E-state index < -0.39 is 6.09 Å². The van der Waals surface area contributed by atoms with Crippen LogP contribution in [0.5, 0.6) is 0 Å². The average molecular weight is 284 g/mol. The third-order valence-corrected chi connectivity index (χ3v) is 3.35. The van der Waals surface area contributed by atoms with Crippen LogP contribution in [0.15, 0.2) is 55.1 Å². The van der Waals surface area contributed by atoms with Gasteiger partial charge in [0.25, 0.3) is 0 Å². The number of fused-ring (bicyclic) bond motifs is 1. The van der Waals surface area contributed by atoms with Gasteiger partial charge >= 0.3 is 6.09 Å². The second-order valence-corrected chi connectivity index (χ2v) is 4.81. The molecule has 0 aliphatic rings. The number of ether oxygens (including phenoxy) is 1. The molecule has 0 aliphatic heterocycles. The minimum Gasteiger partial charge on any atom is -0.445 e. The molecule has 0 saturated carbocycles. The molecule has 2 aromatic carbocycles. The molecule has 0 fully saturated rings. The lowest BCUT2D eigenvalue weighted by Crippen LogP contribution is -2.32. The van der Waals surface area contributed by atoms with E-state index >= 15 is 0 Å². The van der Waals surface area contributed by atoms with Crippen molar-refractivity contribution in [2.24, 2.45) is 5.73 Å². The van der Waals surface area contributed by atoms with Crippen molar-refractivity contribution in [3.8, 4) is 0 Å². The summed E-state index contributed by atoms with van der Waals surface area (Å²) in [7, 11) is 0. The maximum Gasteiger partial charge on any atom is 0.407 e. The number of carbonyl (C=O) groups is 1. The summed E-state index contributed by atoms with van der Waals surface area (Å²) < 4.78 is 4.88. The molecule has 3 N–H and O–H groups in total. The van der Waals surface area contributed by atoms with Crippen LogP contribution in [0.1, 0.15) is 11.5 Å². The number of amides is 1. The van der Waals surface area contributed by atoms with Crippen molar-refractivity contribution in [3.05, 3.63) is 60.7 Å². The number of nitrogens with one attached hydrogen (secondary N) is 1. The minimum atomic E-state index is -0.450. The number of carbonyl (C=O) groups excluding carboxylic acids is 1. The van der Waals surface area contributed by atoms with E-state index in [9.17, 15) is 4.79 Å². The topological polar surface area (TPSA) is 64.3 Å². The lowest BCUT2D eigenvalue weighted by molar-refractivity contribution is 0.157. The van der Waals surface area contributed by atoms with Crippen LogP contribution in [0, 0.1) is 0 Å². The fraction of sp³-hybridized carbons (Fsp3) is 0.235. The highest BCUT2D eigenvalue weighted by Gasteiger charge is 2.12. The Hall–Kier alpha value is -2.33. The highest BCUT2D eigenvalue weighted by molar-refractivity contribution is 5.83. The third kappa shape index (κ3) is 4.07. The molecule has 0 spiro atoms. The van der Waals surface area contributed by atoms with Crippen LogP contribution < -0.4 is 11.1 Å². The zero-order valence-corrected chi connectivity index (χ0v) is 11.9. The summed E-state index contributed by atoms with van der Waals surface area (Å²) in [4.78, 5) is 11.4. The second kappa shape index (κ2) is 7.45. The summed E-state index contributed by atoms with van der Waals surface area (Å²) in [5, 5.41) is 5.09. The normalized spacial score (nSPS) is 11.9. The molecule has 0 unspecified atom stereocenters. The largest absolute Gasteiger partial charge is 0.445 e. The Balaban J connectivity index is 2.05. The van der Waals surface area contributed by atoms with Gasteiger partial charge in [0, 0.05) is 19.0 Å². The first kappa shape index (κ1) is 15.1. The summed E-state index contributed by atoms with van der Waals surface area (Å²) >= 11 is 0. The van der Waals surface area contributed by atoms with Crippen LogP contribution >= 0.6 is 0 Å². The molecule has 0 aromatic heterocycles. The molecular weight excluding hydrogens is 264 g/mol. The van der Waals surface area contributed by atoms with E-state index in [1.165, 1.54) is 16.8 Å². The van der Waals surface area contributed by atoms with Gasteiger partial charge < -0.3 is 15.8 Å². The van der Waals surface area contributed by atoms with Gasteiger partial charge in [0.1, 0.15) is 6.61 Å². The molecule has 21 heavy (non-hydrogen) atoms. The maximum absolute atomic E-state index is 11.4. The Labute approximate surface area is 124 Å². The molecule has 0 bridgehead atoms. The van der Waals surface area contributed by atoms with Gasteiger partial charge in [-0.1, -0.05) is 55.1 Å². The highest BCUT2D eigenvalue weighted by Crippen LogP contribution is 2.21. The van der Waals surface area contributed by atoms with Crippen molar-refractivity contribution in [1.29, 1.82) is 0 Å². The molecule has 2 rings (SSSR count). The summed E-state index contributed by atoms with van der Waals surface area (Å²) in [6.07, 6.45) is 1.08.